The Morgan fingerprint density at radius 2 is 2.10 bits per heavy atom. The highest BCUT2D eigenvalue weighted by Crippen LogP contribution is 2.23. The second-order valence-electron chi connectivity index (χ2n) is 4.79. The summed E-state index contributed by atoms with van der Waals surface area (Å²) in [7, 11) is 0. The molecule has 3 nitrogen and oxygen atoms in total. The van der Waals surface area contributed by atoms with Gasteiger partial charge in [-0.15, -0.1) is 0 Å². The SMILES string of the molecule is CCC(CCO)NC(=O)CCCc1ccc(Cl)c(Cl)c1. The van der Waals surface area contributed by atoms with Crippen molar-refractivity contribution in [1.29, 1.82) is 0 Å². The Morgan fingerprint density at radius 1 is 1.35 bits per heavy atom. The van der Waals surface area contributed by atoms with E-state index in [1.54, 1.807) is 6.07 Å². The highest BCUT2D eigenvalue weighted by molar-refractivity contribution is 6.42. The van der Waals surface area contributed by atoms with Gasteiger partial charge in [0, 0.05) is 19.1 Å². The van der Waals surface area contributed by atoms with Crippen molar-refractivity contribution in [3.8, 4) is 0 Å². The molecule has 112 valence electrons. The van der Waals surface area contributed by atoms with Gasteiger partial charge in [-0.3, -0.25) is 4.79 Å². The number of hydrogen-bond donors (Lipinski definition) is 2. The van der Waals surface area contributed by atoms with Crippen LogP contribution in [0.15, 0.2) is 18.2 Å². The number of halogens is 2. The van der Waals surface area contributed by atoms with Crippen molar-refractivity contribution >= 4 is 29.1 Å². The van der Waals surface area contributed by atoms with Gasteiger partial charge in [0.2, 0.25) is 5.91 Å². The molecule has 0 aliphatic carbocycles. The van der Waals surface area contributed by atoms with Crippen LogP contribution >= 0.6 is 23.2 Å². The number of nitrogens with one attached hydrogen (secondary N) is 1. The molecule has 0 heterocycles. The van der Waals surface area contributed by atoms with Crippen LogP contribution in [0.5, 0.6) is 0 Å². The molecule has 20 heavy (non-hydrogen) atoms. The molecule has 0 fully saturated rings. The molecular weight excluding hydrogens is 297 g/mol. The van der Waals surface area contributed by atoms with E-state index in [-0.39, 0.29) is 18.6 Å². The zero-order valence-electron chi connectivity index (χ0n) is 11.7. The molecular formula is C15H21Cl2NO2. The molecule has 0 radical (unpaired) electrons. The molecule has 0 bridgehead atoms. The van der Waals surface area contributed by atoms with Gasteiger partial charge < -0.3 is 10.4 Å². The first kappa shape index (κ1) is 17.3. The molecule has 1 aromatic carbocycles. The van der Waals surface area contributed by atoms with E-state index in [9.17, 15) is 4.79 Å². The Labute approximate surface area is 130 Å². The summed E-state index contributed by atoms with van der Waals surface area (Å²) in [6.07, 6.45) is 3.47. The lowest BCUT2D eigenvalue weighted by Crippen LogP contribution is -2.34. The minimum absolute atomic E-state index is 0.0327. The van der Waals surface area contributed by atoms with Crippen LogP contribution in [-0.4, -0.2) is 23.7 Å². The van der Waals surface area contributed by atoms with Crippen molar-refractivity contribution in [2.24, 2.45) is 0 Å². The van der Waals surface area contributed by atoms with E-state index in [1.165, 1.54) is 0 Å². The number of hydrogen-bond acceptors (Lipinski definition) is 2. The van der Waals surface area contributed by atoms with Crippen molar-refractivity contribution in [3.63, 3.8) is 0 Å². The van der Waals surface area contributed by atoms with Gasteiger partial charge in [0.25, 0.3) is 0 Å². The zero-order valence-corrected chi connectivity index (χ0v) is 13.2. The first-order valence-electron chi connectivity index (χ1n) is 6.91. The van der Waals surface area contributed by atoms with Crippen molar-refractivity contribution in [3.05, 3.63) is 33.8 Å². The van der Waals surface area contributed by atoms with Gasteiger partial charge in [0.15, 0.2) is 0 Å². The summed E-state index contributed by atoms with van der Waals surface area (Å²) >= 11 is 11.8. The average Bonchev–Trinajstić information content (AvgIpc) is 2.42. The van der Waals surface area contributed by atoms with Gasteiger partial charge in [0.1, 0.15) is 0 Å². The third kappa shape index (κ3) is 6.12. The summed E-state index contributed by atoms with van der Waals surface area (Å²) in [5, 5.41) is 12.9. The van der Waals surface area contributed by atoms with E-state index in [0.29, 0.717) is 22.9 Å². The van der Waals surface area contributed by atoms with Crippen molar-refractivity contribution < 1.29 is 9.90 Å². The number of benzene rings is 1. The molecule has 0 saturated carbocycles. The van der Waals surface area contributed by atoms with Crippen molar-refractivity contribution in [2.75, 3.05) is 6.61 Å². The molecule has 0 saturated heterocycles. The van der Waals surface area contributed by atoms with E-state index in [4.69, 9.17) is 28.3 Å². The second-order valence-corrected chi connectivity index (χ2v) is 5.60. The van der Waals surface area contributed by atoms with Gasteiger partial charge in [-0.2, -0.15) is 0 Å². The van der Waals surface area contributed by atoms with Gasteiger partial charge in [-0.25, -0.2) is 0 Å². The Kier molecular flexibility index (Phi) is 7.97. The maximum Gasteiger partial charge on any atom is 0.220 e. The first-order valence-corrected chi connectivity index (χ1v) is 7.66. The molecule has 0 aromatic heterocycles. The second kappa shape index (κ2) is 9.22. The number of rotatable bonds is 8. The Bertz CT molecular complexity index is 438. The Balaban J connectivity index is 2.32. The van der Waals surface area contributed by atoms with E-state index < -0.39 is 0 Å². The minimum atomic E-state index is 0.0327. The lowest BCUT2D eigenvalue weighted by atomic mass is 10.1. The Hall–Kier alpha value is -0.770. The number of aryl methyl sites for hydroxylation is 1. The van der Waals surface area contributed by atoms with E-state index in [0.717, 1.165) is 24.8 Å². The fraction of sp³-hybridized carbons (Fsp3) is 0.533. The number of carbonyl (C=O) groups is 1. The number of aliphatic hydroxyl groups excluding tert-OH is 1. The summed E-state index contributed by atoms with van der Waals surface area (Å²) in [6.45, 7) is 2.10. The average molecular weight is 318 g/mol. The standard InChI is InChI=1S/C15H21Cl2NO2/c1-2-12(8-9-19)18-15(20)5-3-4-11-6-7-13(16)14(17)10-11/h6-7,10,12,19H,2-5,8-9H2,1H3,(H,18,20). The highest BCUT2D eigenvalue weighted by atomic mass is 35.5. The maximum atomic E-state index is 11.8. The summed E-state index contributed by atoms with van der Waals surface area (Å²) in [5.74, 6) is 0.0327. The van der Waals surface area contributed by atoms with E-state index >= 15 is 0 Å². The maximum absolute atomic E-state index is 11.8. The first-order chi connectivity index (χ1) is 9.56. The molecule has 1 aromatic rings. The lowest BCUT2D eigenvalue weighted by molar-refractivity contribution is -0.122. The quantitative estimate of drug-likeness (QED) is 0.769. The molecule has 1 rings (SSSR count). The van der Waals surface area contributed by atoms with Crippen LogP contribution in [0.1, 0.15) is 38.2 Å². The summed E-state index contributed by atoms with van der Waals surface area (Å²) in [5.41, 5.74) is 1.08. The van der Waals surface area contributed by atoms with Crippen LogP contribution in [0.4, 0.5) is 0 Å². The molecule has 1 atom stereocenters. The highest BCUT2D eigenvalue weighted by Gasteiger charge is 2.09. The summed E-state index contributed by atoms with van der Waals surface area (Å²) in [4.78, 5) is 11.8. The molecule has 0 aliphatic heterocycles. The Morgan fingerprint density at radius 3 is 2.70 bits per heavy atom. The number of carbonyl (C=O) groups excluding carboxylic acids is 1. The van der Waals surface area contributed by atoms with Crippen LogP contribution in [0.2, 0.25) is 10.0 Å². The van der Waals surface area contributed by atoms with Crippen LogP contribution < -0.4 is 5.32 Å². The molecule has 2 N–H and O–H groups in total. The monoisotopic (exact) mass is 317 g/mol. The van der Waals surface area contributed by atoms with Crippen molar-refractivity contribution in [1.82, 2.24) is 5.32 Å². The fourth-order valence-corrected chi connectivity index (χ4v) is 2.30. The topological polar surface area (TPSA) is 49.3 Å². The predicted octanol–water partition coefficient (Wildman–Crippen LogP) is 3.59. The summed E-state index contributed by atoms with van der Waals surface area (Å²) in [6, 6.07) is 5.60. The third-order valence-corrected chi connectivity index (χ3v) is 3.93. The summed E-state index contributed by atoms with van der Waals surface area (Å²) < 4.78 is 0. The predicted molar refractivity (Wildman–Crippen MR) is 83.3 cm³/mol. The van der Waals surface area contributed by atoms with Gasteiger partial charge >= 0.3 is 0 Å². The molecule has 1 amide bonds. The largest absolute Gasteiger partial charge is 0.396 e. The fourth-order valence-electron chi connectivity index (χ4n) is 1.98. The molecule has 5 heteroatoms. The van der Waals surface area contributed by atoms with Crippen LogP contribution in [0, 0.1) is 0 Å². The van der Waals surface area contributed by atoms with Gasteiger partial charge in [-0.1, -0.05) is 36.2 Å². The molecule has 0 spiro atoms. The normalized spacial score (nSPS) is 12.2. The smallest absolute Gasteiger partial charge is 0.220 e. The molecule has 0 aliphatic rings. The zero-order chi connectivity index (χ0) is 15.0. The molecule has 1 unspecified atom stereocenters. The van der Waals surface area contributed by atoms with Crippen LogP contribution in [0.25, 0.3) is 0 Å². The number of aliphatic hydroxyl groups is 1. The van der Waals surface area contributed by atoms with E-state index in [1.807, 2.05) is 19.1 Å². The lowest BCUT2D eigenvalue weighted by Gasteiger charge is -2.15. The minimum Gasteiger partial charge on any atom is -0.396 e. The van der Waals surface area contributed by atoms with Gasteiger partial charge in [-0.05, 0) is 43.4 Å². The van der Waals surface area contributed by atoms with Crippen molar-refractivity contribution in [2.45, 2.75) is 45.1 Å². The third-order valence-electron chi connectivity index (χ3n) is 3.19. The van der Waals surface area contributed by atoms with Crippen LogP contribution in [0.3, 0.4) is 0 Å². The van der Waals surface area contributed by atoms with E-state index in [2.05, 4.69) is 5.32 Å². The van der Waals surface area contributed by atoms with Crippen LogP contribution in [-0.2, 0) is 11.2 Å². The number of amides is 1. The van der Waals surface area contributed by atoms with Gasteiger partial charge in [0.05, 0.1) is 10.0 Å².